The van der Waals surface area contributed by atoms with Crippen LogP contribution in [0, 0.1) is 23.2 Å². The Labute approximate surface area is 75.9 Å². The number of hydrogen-bond acceptors (Lipinski definition) is 1. The van der Waals surface area contributed by atoms with Crippen molar-refractivity contribution in [3.8, 4) is 0 Å². The van der Waals surface area contributed by atoms with E-state index in [4.69, 9.17) is 0 Å². The van der Waals surface area contributed by atoms with Gasteiger partial charge in [-0.05, 0) is 56.0 Å². The first kappa shape index (κ1) is 8.55. The van der Waals surface area contributed by atoms with Crippen LogP contribution in [0.2, 0.25) is 0 Å². The lowest BCUT2D eigenvalue weighted by Gasteiger charge is -2.38. The van der Waals surface area contributed by atoms with Gasteiger partial charge in [-0.2, -0.15) is 0 Å². The van der Waals surface area contributed by atoms with E-state index in [-0.39, 0.29) is 0 Å². The predicted molar refractivity (Wildman–Crippen MR) is 52.0 cm³/mol. The van der Waals surface area contributed by atoms with Crippen LogP contribution >= 0.6 is 0 Å². The predicted octanol–water partition coefficient (Wildman–Crippen LogP) is 2.28. The summed E-state index contributed by atoms with van der Waals surface area (Å²) in [5.74, 6) is 3.01. The average Bonchev–Trinajstić information content (AvgIpc) is 2.53. The molecule has 1 heteroatoms. The maximum Gasteiger partial charge on any atom is -0.00157 e. The molecular formula is C11H21N. The van der Waals surface area contributed by atoms with E-state index < -0.39 is 0 Å². The molecule has 0 aromatic rings. The molecule has 3 atom stereocenters. The Morgan fingerprint density at radius 3 is 2.58 bits per heavy atom. The van der Waals surface area contributed by atoms with E-state index in [0.717, 1.165) is 17.8 Å². The zero-order valence-corrected chi connectivity index (χ0v) is 8.56. The third kappa shape index (κ3) is 1.02. The van der Waals surface area contributed by atoms with Gasteiger partial charge in [0, 0.05) is 0 Å². The topological polar surface area (TPSA) is 12.0 Å². The quantitative estimate of drug-likeness (QED) is 0.665. The van der Waals surface area contributed by atoms with Crippen LogP contribution in [0.1, 0.15) is 33.1 Å². The fourth-order valence-electron chi connectivity index (χ4n) is 3.62. The highest BCUT2D eigenvalue weighted by atomic mass is 14.8. The second-order valence-corrected chi connectivity index (χ2v) is 5.26. The third-order valence-corrected chi connectivity index (χ3v) is 4.47. The summed E-state index contributed by atoms with van der Waals surface area (Å²) in [5, 5.41) is 3.35. The van der Waals surface area contributed by atoms with E-state index in [9.17, 15) is 0 Å². The molecule has 1 nitrogen and oxygen atoms in total. The lowest BCUT2D eigenvalue weighted by Crippen LogP contribution is -2.36. The van der Waals surface area contributed by atoms with Crippen molar-refractivity contribution in [1.82, 2.24) is 5.32 Å². The van der Waals surface area contributed by atoms with Crippen LogP contribution in [0.3, 0.4) is 0 Å². The Morgan fingerprint density at radius 1 is 1.33 bits per heavy atom. The van der Waals surface area contributed by atoms with Crippen molar-refractivity contribution >= 4 is 0 Å². The minimum atomic E-state index is 0.617. The smallest absolute Gasteiger partial charge is 0.00157 e. The molecule has 0 aromatic carbocycles. The van der Waals surface area contributed by atoms with Crippen LogP contribution in [0.25, 0.3) is 0 Å². The number of hydrogen-bond donors (Lipinski definition) is 1. The van der Waals surface area contributed by atoms with Crippen LogP contribution in [0.15, 0.2) is 0 Å². The molecule has 0 radical (unpaired) electrons. The molecule has 3 unspecified atom stereocenters. The van der Waals surface area contributed by atoms with Crippen LogP contribution in [-0.2, 0) is 0 Å². The highest BCUT2D eigenvalue weighted by molar-refractivity contribution is 5.02. The highest BCUT2D eigenvalue weighted by Gasteiger charge is 2.51. The first-order valence-corrected chi connectivity index (χ1v) is 5.31. The molecule has 0 saturated heterocycles. The Kier molecular flexibility index (Phi) is 1.95. The van der Waals surface area contributed by atoms with Gasteiger partial charge in [0.15, 0.2) is 0 Å². The molecule has 2 bridgehead atoms. The average molecular weight is 167 g/mol. The Hall–Kier alpha value is -0.0400. The van der Waals surface area contributed by atoms with Gasteiger partial charge in [-0.15, -0.1) is 0 Å². The van der Waals surface area contributed by atoms with Gasteiger partial charge in [-0.25, -0.2) is 0 Å². The van der Waals surface area contributed by atoms with Gasteiger partial charge in [0.05, 0.1) is 0 Å². The zero-order chi connectivity index (χ0) is 8.77. The van der Waals surface area contributed by atoms with E-state index >= 15 is 0 Å². The molecule has 2 saturated carbocycles. The molecule has 2 fully saturated rings. The summed E-state index contributed by atoms with van der Waals surface area (Å²) in [7, 11) is 2.09. The highest BCUT2D eigenvalue weighted by Crippen LogP contribution is 2.58. The lowest BCUT2D eigenvalue weighted by molar-refractivity contribution is 0.122. The molecule has 2 aliphatic rings. The molecule has 0 amide bonds. The SMILES string of the molecule is CNCC1C2CCC(C2)C1(C)C. The van der Waals surface area contributed by atoms with Crippen LogP contribution in [0.5, 0.6) is 0 Å². The molecule has 1 N–H and O–H groups in total. The summed E-state index contributed by atoms with van der Waals surface area (Å²) in [6.07, 6.45) is 4.51. The minimum Gasteiger partial charge on any atom is -0.319 e. The first-order valence-electron chi connectivity index (χ1n) is 5.31. The standard InChI is InChI=1S/C11H21N/c1-11(2)9-5-4-8(6-9)10(11)7-12-3/h8-10,12H,4-7H2,1-3H3. The Bertz CT molecular complexity index is 174. The van der Waals surface area contributed by atoms with E-state index in [0.29, 0.717) is 5.41 Å². The second-order valence-electron chi connectivity index (χ2n) is 5.26. The summed E-state index contributed by atoms with van der Waals surface area (Å²) in [6, 6.07) is 0. The van der Waals surface area contributed by atoms with E-state index in [1.165, 1.54) is 25.8 Å². The fraction of sp³-hybridized carbons (Fsp3) is 1.00. The van der Waals surface area contributed by atoms with Gasteiger partial charge in [-0.1, -0.05) is 13.8 Å². The van der Waals surface area contributed by atoms with Crippen molar-refractivity contribution in [3.63, 3.8) is 0 Å². The van der Waals surface area contributed by atoms with Gasteiger partial charge in [-0.3, -0.25) is 0 Å². The van der Waals surface area contributed by atoms with Gasteiger partial charge in [0.2, 0.25) is 0 Å². The molecule has 2 rings (SSSR count). The van der Waals surface area contributed by atoms with Crippen molar-refractivity contribution in [2.45, 2.75) is 33.1 Å². The first-order chi connectivity index (χ1) is 5.66. The maximum atomic E-state index is 3.35. The van der Waals surface area contributed by atoms with E-state index in [1.807, 2.05) is 0 Å². The normalized spacial score (nSPS) is 43.8. The van der Waals surface area contributed by atoms with Crippen molar-refractivity contribution in [1.29, 1.82) is 0 Å². The number of rotatable bonds is 2. The maximum absolute atomic E-state index is 3.35. The van der Waals surface area contributed by atoms with Gasteiger partial charge >= 0.3 is 0 Å². The summed E-state index contributed by atoms with van der Waals surface area (Å²) >= 11 is 0. The minimum absolute atomic E-state index is 0.617. The molecule has 70 valence electrons. The molecule has 0 heterocycles. The monoisotopic (exact) mass is 167 g/mol. The zero-order valence-electron chi connectivity index (χ0n) is 8.56. The van der Waals surface area contributed by atoms with Crippen molar-refractivity contribution in [3.05, 3.63) is 0 Å². The molecule has 0 aromatic heterocycles. The Morgan fingerprint density at radius 2 is 2.08 bits per heavy atom. The van der Waals surface area contributed by atoms with Crippen LogP contribution < -0.4 is 5.32 Å². The summed E-state index contributed by atoms with van der Waals surface area (Å²) in [4.78, 5) is 0. The molecule has 0 aliphatic heterocycles. The van der Waals surface area contributed by atoms with Crippen molar-refractivity contribution in [2.24, 2.45) is 23.2 Å². The second kappa shape index (κ2) is 2.73. The fourth-order valence-corrected chi connectivity index (χ4v) is 3.62. The molecule has 12 heavy (non-hydrogen) atoms. The molecular weight excluding hydrogens is 146 g/mol. The van der Waals surface area contributed by atoms with Gasteiger partial charge in [0.1, 0.15) is 0 Å². The number of fused-ring (bicyclic) bond motifs is 2. The van der Waals surface area contributed by atoms with E-state index in [1.54, 1.807) is 0 Å². The molecule has 0 spiro atoms. The van der Waals surface area contributed by atoms with Crippen LogP contribution in [-0.4, -0.2) is 13.6 Å². The van der Waals surface area contributed by atoms with Gasteiger partial charge < -0.3 is 5.32 Å². The van der Waals surface area contributed by atoms with Crippen molar-refractivity contribution < 1.29 is 0 Å². The van der Waals surface area contributed by atoms with Gasteiger partial charge in [0.25, 0.3) is 0 Å². The van der Waals surface area contributed by atoms with E-state index in [2.05, 4.69) is 26.2 Å². The molecule has 2 aliphatic carbocycles. The largest absolute Gasteiger partial charge is 0.319 e. The van der Waals surface area contributed by atoms with Crippen molar-refractivity contribution in [2.75, 3.05) is 13.6 Å². The summed E-state index contributed by atoms with van der Waals surface area (Å²) in [6.45, 7) is 6.17. The third-order valence-electron chi connectivity index (χ3n) is 4.47. The summed E-state index contributed by atoms with van der Waals surface area (Å²) in [5.41, 5.74) is 0.617. The lowest BCUT2D eigenvalue weighted by atomic mass is 9.69. The summed E-state index contributed by atoms with van der Waals surface area (Å²) < 4.78 is 0. The Balaban J connectivity index is 2.12. The number of nitrogens with one attached hydrogen (secondary N) is 1. The van der Waals surface area contributed by atoms with Crippen LogP contribution in [0.4, 0.5) is 0 Å².